The van der Waals surface area contributed by atoms with Crippen LogP contribution in [0.2, 0.25) is 10.0 Å². The summed E-state index contributed by atoms with van der Waals surface area (Å²) in [5, 5.41) is 0.530. The maximum atomic E-state index is 6.60. The standard InChI is InChI=1S/C16H15Cl3O2/c1-9-7-13(20-2)14(21-3)8-11(9)15(18)10-5-4-6-12(17)16(10)19/h4-8,15H,1-3H3. The summed E-state index contributed by atoms with van der Waals surface area (Å²) in [5.74, 6) is 1.29. The van der Waals surface area contributed by atoms with E-state index in [1.807, 2.05) is 31.2 Å². The number of hydrogen-bond acceptors (Lipinski definition) is 2. The molecule has 0 N–H and O–H groups in total. The maximum absolute atomic E-state index is 6.60. The van der Waals surface area contributed by atoms with E-state index in [1.165, 1.54) is 0 Å². The molecule has 0 aliphatic rings. The van der Waals surface area contributed by atoms with Crippen molar-refractivity contribution in [2.45, 2.75) is 12.3 Å². The van der Waals surface area contributed by atoms with Gasteiger partial charge in [-0.3, -0.25) is 0 Å². The zero-order valence-corrected chi connectivity index (χ0v) is 14.2. The van der Waals surface area contributed by atoms with E-state index in [9.17, 15) is 0 Å². The molecule has 0 aliphatic heterocycles. The second-order valence-corrected chi connectivity index (χ2v) is 5.79. The van der Waals surface area contributed by atoms with Crippen LogP contribution in [0.25, 0.3) is 0 Å². The molecule has 0 bridgehead atoms. The number of aryl methyl sites for hydroxylation is 1. The van der Waals surface area contributed by atoms with Crippen molar-refractivity contribution in [2.24, 2.45) is 0 Å². The number of ether oxygens (including phenoxy) is 2. The summed E-state index contributed by atoms with van der Waals surface area (Å²) in [5.41, 5.74) is 2.66. The number of rotatable bonds is 4. The van der Waals surface area contributed by atoms with E-state index < -0.39 is 5.38 Å². The summed E-state index contributed by atoms with van der Waals surface area (Å²) < 4.78 is 10.6. The van der Waals surface area contributed by atoms with Crippen LogP contribution in [0.15, 0.2) is 30.3 Å². The highest BCUT2D eigenvalue weighted by molar-refractivity contribution is 6.43. The quantitative estimate of drug-likeness (QED) is 0.667. The zero-order valence-electron chi connectivity index (χ0n) is 11.9. The molecule has 0 aromatic heterocycles. The second-order valence-electron chi connectivity index (χ2n) is 4.57. The maximum Gasteiger partial charge on any atom is 0.161 e. The van der Waals surface area contributed by atoms with Gasteiger partial charge in [0.2, 0.25) is 0 Å². The highest BCUT2D eigenvalue weighted by Gasteiger charge is 2.20. The molecule has 0 saturated carbocycles. The lowest BCUT2D eigenvalue weighted by Crippen LogP contribution is -2.00. The zero-order chi connectivity index (χ0) is 15.6. The molecule has 2 nitrogen and oxygen atoms in total. The molecule has 0 spiro atoms. The van der Waals surface area contributed by atoms with Gasteiger partial charge in [-0.1, -0.05) is 35.3 Å². The van der Waals surface area contributed by atoms with Crippen LogP contribution in [0.3, 0.4) is 0 Å². The Balaban J connectivity index is 2.53. The minimum Gasteiger partial charge on any atom is -0.493 e. The van der Waals surface area contributed by atoms with Crippen molar-refractivity contribution in [3.63, 3.8) is 0 Å². The third-order valence-electron chi connectivity index (χ3n) is 3.30. The summed E-state index contributed by atoms with van der Waals surface area (Å²) in [6.07, 6.45) is 0. The molecule has 2 rings (SSSR count). The Kier molecular flexibility index (Phi) is 5.26. The number of benzene rings is 2. The topological polar surface area (TPSA) is 18.5 Å². The number of halogens is 3. The third-order valence-corrected chi connectivity index (χ3v) is 4.60. The van der Waals surface area contributed by atoms with Crippen molar-refractivity contribution >= 4 is 34.8 Å². The first kappa shape index (κ1) is 16.3. The molecular weight excluding hydrogens is 331 g/mol. The van der Waals surface area contributed by atoms with E-state index >= 15 is 0 Å². The second kappa shape index (κ2) is 6.78. The molecule has 0 fully saturated rings. The summed E-state index contributed by atoms with van der Waals surface area (Å²) in [6, 6.07) is 9.18. The lowest BCUT2D eigenvalue weighted by molar-refractivity contribution is 0.354. The van der Waals surface area contributed by atoms with E-state index in [4.69, 9.17) is 44.3 Å². The van der Waals surface area contributed by atoms with Crippen molar-refractivity contribution in [1.82, 2.24) is 0 Å². The van der Waals surface area contributed by atoms with E-state index in [0.717, 1.165) is 16.7 Å². The molecule has 0 saturated heterocycles. The van der Waals surface area contributed by atoms with Gasteiger partial charge in [0.1, 0.15) is 0 Å². The molecule has 0 amide bonds. The van der Waals surface area contributed by atoms with Gasteiger partial charge in [-0.25, -0.2) is 0 Å². The number of hydrogen-bond donors (Lipinski definition) is 0. The van der Waals surface area contributed by atoms with E-state index in [2.05, 4.69) is 0 Å². The van der Waals surface area contributed by atoms with Gasteiger partial charge in [-0.15, -0.1) is 11.6 Å². The molecule has 21 heavy (non-hydrogen) atoms. The van der Waals surface area contributed by atoms with Crippen molar-refractivity contribution in [3.05, 3.63) is 57.1 Å². The molecule has 112 valence electrons. The Morgan fingerprint density at radius 3 is 2.19 bits per heavy atom. The Bertz CT molecular complexity index is 656. The van der Waals surface area contributed by atoms with Gasteiger partial charge in [0, 0.05) is 0 Å². The average molecular weight is 346 g/mol. The fourth-order valence-electron chi connectivity index (χ4n) is 2.15. The third kappa shape index (κ3) is 3.23. The largest absolute Gasteiger partial charge is 0.493 e. The average Bonchev–Trinajstić information content (AvgIpc) is 2.49. The minimum atomic E-state index is -0.420. The van der Waals surface area contributed by atoms with Crippen LogP contribution >= 0.6 is 34.8 Å². The first-order valence-corrected chi connectivity index (χ1v) is 7.49. The van der Waals surface area contributed by atoms with Crippen LogP contribution in [-0.4, -0.2) is 14.2 Å². The van der Waals surface area contributed by atoms with Gasteiger partial charge in [-0.2, -0.15) is 0 Å². The van der Waals surface area contributed by atoms with Crippen molar-refractivity contribution in [2.75, 3.05) is 14.2 Å². The van der Waals surface area contributed by atoms with Gasteiger partial charge < -0.3 is 9.47 Å². The van der Waals surface area contributed by atoms with Crippen LogP contribution < -0.4 is 9.47 Å². The Labute approximate surface area is 139 Å². The SMILES string of the molecule is COc1cc(C)c(C(Cl)c2cccc(Cl)c2Cl)cc1OC. The first-order valence-electron chi connectivity index (χ1n) is 6.30. The minimum absolute atomic E-state index is 0.420. The molecule has 0 aliphatic carbocycles. The van der Waals surface area contributed by atoms with Crippen LogP contribution in [0.4, 0.5) is 0 Å². The highest BCUT2D eigenvalue weighted by Crippen LogP contribution is 2.41. The van der Waals surface area contributed by atoms with Crippen LogP contribution in [0.5, 0.6) is 11.5 Å². The highest BCUT2D eigenvalue weighted by atomic mass is 35.5. The summed E-state index contributed by atoms with van der Waals surface area (Å²) in [7, 11) is 3.19. The van der Waals surface area contributed by atoms with E-state index in [1.54, 1.807) is 20.3 Å². The van der Waals surface area contributed by atoms with Gasteiger partial charge in [0.15, 0.2) is 11.5 Å². The van der Waals surface area contributed by atoms with Gasteiger partial charge in [-0.05, 0) is 41.8 Å². The smallest absolute Gasteiger partial charge is 0.161 e. The normalized spacial score (nSPS) is 12.1. The fraction of sp³-hybridized carbons (Fsp3) is 0.250. The van der Waals surface area contributed by atoms with E-state index in [0.29, 0.717) is 21.5 Å². The van der Waals surface area contributed by atoms with Gasteiger partial charge in [0.25, 0.3) is 0 Å². The summed E-state index contributed by atoms with van der Waals surface area (Å²) in [4.78, 5) is 0. The van der Waals surface area contributed by atoms with Crippen LogP contribution in [0.1, 0.15) is 22.1 Å². The molecule has 5 heteroatoms. The fourth-order valence-corrected chi connectivity index (χ4v) is 3.04. The predicted octanol–water partition coefficient (Wildman–Crippen LogP) is 5.65. The van der Waals surface area contributed by atoms with Crippen molar-refractivity contribution < 1.29 is 9.47 Å². The number of alkyl halides is 1. The predicted molar refractivity (Wildman–Crippen MR) is 88.4 cm³/mol. The molecule has 0 radical (unpaired) electrons. The Hall–Kier alpha value is -1.09. The van der Waals surface area contributed by atoms with Crippen molar-refractivity contribution in [1.29, 1.82) is 0 Å². The Morgan fingerprint density at radius 2 is 1.57 bits per heavy atom. The summed E-state index contributed by atoms with van der Waals surface area (Å²) >= 11 is 18.9. The monoisotopic (exact) mass is 344 g/mol. The van der Waals surface area contributed by atoms with Crippen molar-refractivity contribution in [3.8, 4) is 11.5 Å². The molecular formula is C16H15Cl3O2. The van der Waals surface area contributed by atoms with E-state index in [-0.39, 0.29) is 0 Å². The van der Waals surface area contributed by atoms with Gasteiger partial charge >= 0.3 is 0 Å². The molecule has 2 aromatic carbocycles. The summed E-state index contributed by atoms with van der Waals surface area (Å²) in [6.45, 7) is 1.96. The molecule has 0 heterocycles. The molecule has 2 aromatic rings. The Morgan fingerprint density at radius 1 is 0.952 bits per heavy atom. The van der Waals surface area contributed by atoms with Gasteiger partial charge in [0.05, 0.1) is 29.6 Å². The lowest BCUT2D eigenvalue weighted by atomic mass is 9.99. The number of methoxy groups -OCH3 is 2. The van der Waals surface area contributed by atoms with Crippen LogP contribution in [-0.2, 0) is 0 Å². The van der Waals surface area contributed by atoms with Crippen LogP contribution in [0, 0.1) is 6.92 Å². The lowest BCUT2D eigenvalue weighted by Gasteiger charge is -2.18. The molecule has 1 unspecified atom stereocenters. The first-order chi connectivity index (χ1) is 9.99. The molecule has 1 atom stereocenters.